The predicted octanol–water partition coefficient (Wildman–Crippen LogP) is 2.69. The molecule has 1 aromatic heterocycles. The molecule has 1 heterocycles. The SMILES string of the molecule is CC(C)c1ocnc1CBr. The average molecular weight is 204 g/mol. The van der Waals surface area contributed by atoms with E-state index in [2.05, 4.69) is 34.8 Å². The first-order valence-electron chi connectivity index (χ1n) is 3.24. The fraction of sp³-hybridized carbons (Fsp3) is 0.571. The number of aromatic nitrogens is 1. The molecule has 0 N–H and O–H groups in total. The van der Waals surface area contributed by atoms with Crippen LogP contribution in [0.2, 0.25) is 0 Å². The maximum absolute atomic E-state index is 5.18. The molecule has 0 spiro atoms. The van der Waals surface area contributed by atoms with Gasteiger partial charge in [-0.1, -0.05) is 29.8 Å². The second-order valence-corrected chi connectivity index (χ2v) is 3.01. The Labute approximate surface area is 68.8 Å². The average Bonchev–Trinajstić information content (AvgIpc) is 2.33. The largest absolute Gasteiger partial charge is 0.448 e. The molecule has 0 atom stereocenters. The molecule has 1 aromatic rings. The van der Waals surface area contributed by atoms with E-state index in [0.717, 1.165) is 16.8 Å². The standard InChI is InChI=1S/C7H10BrNO/c1-5(2)7-6(3-8)9-4-10-7/h4-5H,3H2,1-2H3. The van der Waals surface area contributed by atoms with Crippen molar-refractivity contribution in [3.63, 3.8) is 0 Å². The van der Waals surface area contributed by atoms with E-state index in [1.807, 2.05) is 0 Å². The molecule has 0 saturated carbocycles. The van der Waals surface area contributed by atoms with Gasteiger partial charge in [0.1, 0.15) is 5.76 Å². The Bertz CT molecular complexity index is 207. The van der Waals surface area contributed by atoms with E-state index < -0.39 is 0 Å². The van der Waals surface area contributed by atoms with Gasteiger partial charge in [0.05, 0.1) is 5.69 Å². The molecule has 0 aromatic carbocycles. The summed E-state index contributed by atoms with van der Waals surface area (Å²) in [5.41, 5.74) is 1.01. The summed E-state index contributed by atoms with van der Waals surface area (Å²) in [4.78, 5) is 4.04. The highest BCUT2D eigenvalue weighted by Crippen LogP contribution is 2.19. The van der Waals surface area contributed by atoms with Gasteiger partial charge in [0.2, 0.25) is 0 Å². The van der Waals surface area contributed by atoms with Crippen LogP contribution in [0.3, 0.4) is 0 Å². The van der Waals surface area contributed by atoms with Gasteiger partial charge in [-0.3, -0.25) is 0 Å². The summed E-state index contributed by atoms with van der Waals surface area (Å²) in [6.07, 6.45) is 1.49. The number of halogens is 1. The molecular weight excluding hydrogens is 194 g/mol. The first-order valence-corrected chi connectivity index (χ1v) is 4.36. The molecule has 0 unspecified atom stereocenters. The summed E-state index contributed by atoms with van der Waals surface area (Å²) in [7, 11) is 0. The molecule has 0 aliphatic rings. The highest BCUT2D eigenvalue weighted by molar-refractivity contribution is 9.08. The molecular formula is C7H10BrNO. The topological polar surface area (TPSA) is 26.0 Å². The first kappa shape index (κ1) is 7.79. The van der Waals surface area contributed by atoms with E-state index in [4.69, 9.17) is 4.42 Å². The van der Waals surface area contributed by atoms with E-state index in [-0.39, 0.29) is 0 Å². The molecule has 2 nitrogen and oxygen atoms in total. The zero-order valence-electron chi connectivity index (χ0n) is 6.10. The molecule has 0 saturated heterocycles. The van der Waals surface area contributed by atoms with Gasteiger partial charge in [-0.2, -0.15) is 0 Å². The van der Waals surface area contributed by atoms with E-state index in [1.54, 1.807) is 0 Å². The van der Waals surface area contributed by atoms with Gasteiger partial charge in [-0.15, -0.1) is 0 Å². The number of rotatable bonds is 2. The van der Waals surface area contributed by atoms with Crippen molar-refractivity contribution < 1.29 is 4.42 Å². The van der Waals surface area contributed by atoms with Gasteiger partial charge in [0, 0.05) is 11.2 Å². The van der Waals surface area contributed by atoms with Crippen LogP contribution in [0, 0.1) is 0 Å². The summed E-state index contributed by atoms with van der Waals surface area (Å²) in [5.74, 6) is 1.41. The normalized spacial score (nSPS) is 10.8. The summed E-state index contributed by atoms with van der Waals surface area (Å²) in [5, 5.41) is 0.775. The zero-order chi connectivity index (χ0) is 7.56. The molecule has 3 heteroatoms. The van der Waals surface area contributed by atoms with Crippen molar-refractivity contribution in [3.05, 3.63) is 17.8 Å². The van der Waals surface area contributed by atoms with Crippen LogP contribution in [0.25, 0.3) is 0 Å². The predicted molar refractivity (Wildman–Crippen MR) is 43.2 cm³/mol. The molecule has 0 radical (unpaired) electrons. The molecule has 56 valence electrons. The Morgan fingerprint density at radius 2 is 2.40 bits per heavy atom. The smallest absolute Gasteiger partial charge is 0.181 e. The van der Waals surface area contributed by atoms with Gasteiger partial charge in [0.15, 0.2) is 6.39 Å². The number of alkyl halides is 1. The lowest BCUT2D eigenvalue weighted by Gasteiger charge is -1.99. The zero-order valence-corrected chi connectivity index (χ0v) is 7.68. The van der Waals surface area contributed by atoms with Crippen molar-refractivity contribution in [1.29, 1.82) is 0 Å². The van der Waals surface area contributed by atoms with Crippen molar-refractivity contribution in [3.8, 4) is 0 Å². The van der Waals surface area contributed by atoms with E-state index >= 15 is 0 Å². The maximum Gasteiger partial charge on any atom is 0.181 e. The second-order valence-electron chi connectivity index (χ2n) is 2.45. The van der Waals surface area contributed by atoms with Crippen LogP contribution >= 0.6 is 15.9 Å². The lowest BCUT2D eigenvalue weighted by molar-refractivity contribution is 0.480. The molecule has 0 fully saturated rings. The van der Waals surface area contributed by atoms with Crippen LogP contribution in [-0.2, 0) is 5.33 Å². The van der Waals surface area contributed by atoms with Gasteiger partial charge >= 0.3 is 0 Å². The van der Waals surface area contributed by atoms with Crippen molar-refractivity contribution in [2.24, 2.45) is 0 Å². The molecule has 0 bridgehead atoms. The minimum atomic E-state index is 0.426. The summed E-state index contributed by atoms with van der Waals surface area (Å²) >= 11 is 3.33. The van der Waals surface area contributed by atoms with Crippen LogP contribution in [0.5, 0.6) is 0 Å². The fourth-order valence-electron chi connectivity index (χ4n) is 0.848. The van der Waals surface area contributed by atoms with Crippen LogP contribution in [0.15, 0.2) is 10.8 Å². The highest BCUT2D eigenvalue weighted by Gasteiger charge is 2.09. The van der Waals surface area contributed by atoms with Crippen molar-refractivity contribution in [1.82, 2.24) is 4.98 Å². The van der Waals surface area contributed by atoms with Crippen molar-refractivity contribution in [2.75, 3.05) is 0 Å². The third kappa shape index (κ3) is 1.40. The quantitative estimate of drug-likeness (QED) is 0.692. The third-order valence-electron chi connectivity index (χ3n) is 1.32. The lowest BCUT2D eigenvalue weighted by atomic mass is 10.1. The monoisotopic (exact) mass is 203 g/mol. The minimum absolute atomic E-state index is 0.426. The van der Waals surface area contributed by atoms with Gasteiger partial charge in [0.25, 0.3) is 0 Å². The molecule has 0 aliphatic heterocycles. The van der Waals surface area contributed by atoms with Crippen LogP contribution < -0.4 is 0 Å². The summed E-state index contributed by atoms with van der Waals surface area (Å²) in [6, 6.07) is 0. The van der Waals surface area contributed by atoms with Gasteiger partial charge in [-0.25, -0.2) is 4.98 Å². The van der Waals surface area contributed by atoms with E-state index in [0.29, 0.717) is 5.92 Å². The van der Waals surface area contributed by atoms with Crippen molar-refractivity contribution in [2.45, 2.75) is 25.1 Å². The van der Waals surface area contributed by atoms with E-state index in [1.165, 1.54) is 6.39 Å². The molecule has 0 aliphatic carbocycles. The molecule has 0 amide bonds. The van der Waals surface area contributed by atoms with Gasteiger partial charge < -0.3 is 4.42 Å². The van der Waals surface area contributed by atoms with Crippen LogP contribution in [0.4, 0.5) is 0 Å². The Morgan fingerprint density at radius 3 is 2.80 bits per heavy atom. The Hall–Kier alpha value is -0.310. The number of nitrogens with zero attached hydrogens (tertiary/aromatic N) is 1. The third-order valence-corrected chi connectivity index (χ3v) is 1.85. The van der Waals surface area contributed by atoms with E-state index in [9.17, 15) is 0 Å². The van der Waals surface area contributed by atoms with Crippen LogP contribution in [-0.4, -0.2) is 4.98 Å². The fourth-order valence-corrected chi connectivity index (χ4v) is 1.27. The summed E-state index contributed by atoms with van der Waals surface area (Å²) < 4.78 is 5.18. The second kappa shape index (κ2) is 3.19. The minimum Gasteiger partial charge on any atom is -0.448 e. The Balaban J connectivity index is 2.90. The maximum atomic E-state index is 5.18. The Kier molecular flexibility index (Phi) is 2.49. The number of oxazole rings is 1. The summed E-state index contributed by atoms with van der Waals surface area (Å²) in [6.45, 7) is 4.18. The Morgan fingerprint density at radius 1 is 1.70 bits per heavy atom. The number of hydrogen-bond acceptors (Lipinski definition) is 2. The van der Waals surface area contributed by atoms with Crippen molar-refractivity contribution >= 4 is 15.9 Å². The van der Waals surface area contributed by atoms with Gasteiger partial charge in [-0.05, 0) is 0 Å². The first-order chi connectivity index (χ1) is 4.75. The molecule has 10 heavy (non-hydrogen) atoms. The molecule has 1 rings (SSSR count). The van der Waals surface area contributed by atoms with Crippen LogP contribution in [0.1, 0.15) is 31.2 Å². The highest BCUT2D eigenvalue weighted by atomic mass is 79.9. The number of hydrogen-bond donors (Lipinski definition) is 0. The lowest BCUT2D eigenvalue weighted by Crippen LogP contribution is -1.89.